The van der Waals surface area contributed by atoms with E-state index in [1.54, 1.807) is 13.8 Å². The second kappa shape index (κ2) is 6.63. The van der Waals surface area contributed by atoms with Gasteiger partial charge in [-0.2, -0.15) is 0 Å². The summed E-state index contributed by atoms with van der Waals surface area (Å²) < 4.78 is 33.4. The predicted molar refractivity (Wildman–Crippen MR) is 90.6 cm³/mol. The number of carbonyl (C=O) groups excluding carboxylic acids is 1. The van der Waals surface area contributed by atoms with Crippen molar-refractivity contribution < 1.29 is 18.3 Å². The zero-order valence-corrected chi connectivity index (χ0v) is 14.3. The number of aryl methyl sites for hydroxylation is 2. The fraction of sp³-hybridized carbons (Fsp3) is 0.263. The van der Waals surface area contributed by atoms with Gasteiger partial charge in [-0.25, -0.2) is 18.6 Å². The Morgan fingerprint density at radius 1 is 1.20 bits per heavy atom. The first kappa shape index (κ1) is 17.1. The van der Waals surface area contributed by atoms with Crippen LogP contribution in [-0.2, 0) is 11.3 Å². The Morgan fingerprint density at radius 2 is 1.96 bits per heavy atom. The van der Waals surface area contributed by atoms with Crippen LogP contribution in [0.1, 0.15) is 34.1 Å². The molecule has 1 aromatic carbocycles. The maximum absolute atomic E-state index is 13.4. The molecule has 0 aliphatic heterocycles. The van der Waals surface area contributed by atoms with Crippen LogP contribution in [0.2, 0.25) is 0 Å². The number of benzene rings is 1. The second-order valence-electron chi connectivity index (χ2n) is 5.85. The van der Waals surface area contributed by atoms with Crippen molar-refractivity contribution in [3.8, 4) is 0 Å². The molecule has 0 unspecified atom stereocenters. The van der Waals surface area contributed by atoms with Gasteiger partial charge in [-0.1, -0.05) is 6.07 Å². The highest BCUT2D eigenvalue weighted by atomic mass is 19.2. The Labute approximate surface area is 144 Å². The fourth-order valence-electron chi connectivity index (χ4n) is 2.97. The minimum absolute atomic E-state index is 0.299. The predicted octanol–water partition coefficient (Wildman–Crippen LogP) is 4.16. The van der Waals surface area contributed by atoms with Crippen LogP contribution in [0.25, 0.3) is 11.0 Å². The lowest BCUT2D eigenvalue weighted by Gasteiger charge is -2.11. The molecule has 0 saturated heterocycles. The number of fused-ring (bicyclic) bond motifs is 1. The van der Waals surface area contributed by atoms with Crippen molar-refractivity contribution >= 4 is 17.0 Å². The van der Waals surface area contributed by atoms with Gasteiger partial charge in [-0.3, -0.25) is 0 Å². The van der Waals surface area contributed by atoms with Gasteiger partial charge < -0.3 is 9.30 Å². The topological polar surface area (TPSA) is 44.1 Å². The molecule has 0 fully saturated rings. The normalized spacial score (nSPS) is 11.1. The average Bonchev–Trinajstić information content (AvgIpc) is 2.94. The van der Waals surface area contributed by atoms with Gasteiger partial charge in [0.2, 0.25) is 0 Å². The van der Waals surface area contributed by atoms with Crippen molar-refractivity contribution in [2.24, 2.45) is 0 Å². The molecule has 25 heavy (non-hydrogen) atoms. The molecule has 0 radical (unpaired) electrons. The average molecular weight is 344 g/mol. The Hall–Kier alpha value is -2.76. The standard InChI is InChI=1S/C19H18F2N2O2/c1-4-25-19(24)17-11(2)14-7-8-23(18(14)22-12(17)3)10-13-5-6-15(20)16(21)9-13/h5-9H,4,10H2,1-3H3. The molecular weight excluding hydrogens is 326 g/mol. The maximum atomic E-state index is 13.4. The van der Waals surface area contributed by atoms with Crippen LogP contribution in [0.5, 0.6) is 0 Å². The number of carbonyl (C=O) groups is 1. The maximum Gasteiger partial charge on any atom is 0.340 e. The molecule has 0 aliphatic carbocycles. The highest BCUT2D eigenvalue weighted by molar-refractivity contribution is 5.97. The largest absolute Gasteiger partial charge is 0.462 e. The van der Waals surface area contributed by atoms with E-state index in [2.05, 4.69) is 4.98 Å². The third-order valence-corrected chi connectivity index (χ3v) is 4.17. The second-order valence-corrected chi connectivity index (χ2v) is 5.85. The molecule has 130 valence electrons. The summed E-state index contributed by atoms with van der Waals surface area (Å²) in [7, 11) is 0. The van der Waals surface area contributed by atoms with Crippen molar-refractivity contribution in [1.29, 1.82) is 0 Å². The van der Waals surface area contributed by atoms with E-state index in [0.29, 0.717) is 35.6 Å². The van der Waals surface area contributed by atoms with Crippen LogP contribution in [0.4, 0.5) is 8.78 Å². The number of pyridine rings is 1. The lowest BCUT2D eigenvalue weighted by atomic mass is 10.1. The highest BCUT2D eigenvalue weighted by Gasteiger charge is 2.19. The number of ether oxygens (including phenoxy) is 1. The molecule has 0 atom stereocenters. The van der Waals surface area contributed by atoms with Gasteiger partial charge in [0.25, 0.3) is 0 Å². The zero-order valence-electron chi connectivity index (χ0n) is 14.3. The van der Waals surface area contributed by atoms with E-state index in [1.807, 2.05) is 23.8 Å². The van der Waals surface area contributed by atoms with E-state index in [0.717, 1.165) is 17.0 Å². The molecular formula is C19H18F2N2O2. The number of nitrogens with zero attached hydrogens (tertiary/aromatic N) is 2. The molecule has 6 heteroatoms. The van der Waals surface area contributed by atoms with Crippen molar-refractivity contribution in [2.45, 2.75) is 27.3 Å². The fourth-order valence-corrected chi connectivity index (χ4v) is 2.97. The van der Waals surface area contributed by atoms with Crippen LogP contribution >= 0.6 is 0 Å². The lowest BCUT2D eigenvalue weighted by molar-refractivity contribution is 0.0524. The molecule has 2 aromatic heterocycles. The Balaban J connectivity index is 2.04. The van der Waals surface area contributed by atoms with Crippen LogP contribution in [-0.4, -0.2) is 22.1 Å². The third kappa shape index (κ3) is 3.12. The number of aromatic nitrogens is 2. The smallest absolute Gasteiger partial charge is 0.340 e. The van der Waals surface area contributed by atoms with E-state index in [9.17, 15) is 13.6 Å². The minimum Gasteiger partial charge on any atom is -0.462 e. The first-order valence-electron chi connectivity index (χ1n) is 7.99. The van der Waals surface area contributed by atoms with Gasteiger partial charge in [-0.05, 0) is 50.1 Å². The molecule has 0 N–H and O–H groups in total. The van der Waals surface area contributed by atoms with Crippen molar-refractivity contribution in [3.05, 3.63) is 64.5 Å². The van der Waals surface area contributed by atoms with Gasteiger partial charge in [0, 0.05) is 18.1 Å². The van der Waals surface area contributed by atoms with Gasteiger partial charge in [-0.15, -0.1) is 0 Å². The number of esters is 1. The molecule has 0 saturated carbocycles. The summed E-state index contributed by atoms with van der Waals surface area (Å²) in [5.74, 6) is -2.14. The Kier molecular flexibility index (Phi) is 4.53. The Morgan fingerprint density at radius 3 is 2.64 bits per heavy atom. The summed E-state index contributed by atoms with van der Waals surface area (Å²) in [6.45, 7) is 6.02. The molecule has 3 aromatic rings. The van der Waals surface area contributed by atoms with Crippen LogP contribution in [0.3, 0.4) is 0 Å². The van der Waals surface area contributed by atoms with E-state index < -0.39 is 11.6 Å². The van der Waals surface area contributed by atoms with E-state index in [4.69, 9.17) is 4.74 Å². The van der Waals surface area contributed by atoms with E-state index >= 15 is 0 Å². The van der Waals surface area contributed by atoms with Gasteiger partial charge in [0.1, 0.15) is 5.65 Å². The molecule has 0 spiro atoms. The summed E-state index contributed by atoms with van der Waals surface area (Å²) in [5, 5.41) is 0.830. The molecule has 3 rings (SSSR count). The third-order valence-electron chi connectivity index (χ3n) is 4.17. The number of halogens is 2. The van der Waals surface area contributed by atoms with Crippen LogP contribution < -0.4 is 0 Å². The summed E-state index contributed by atoms with van der Waals surface area (Å²) in [6.07, 6.45) is 1.82. The first-order valence-corrected chi connectivity index (χ1v) is 7.99. The SMILES string of the molecule is CCOC(=O)c1c(C)nc2c(ccn2Cc2ccc(F)c(F)c2)c1C. The number of hydrogen-bond donors (Lipinski definition) is 0. The summed E-state index contributed by atoms with van der Waals surface area (Å²) in [5.41, 5.74) is 3.16. The highest BCUT2D eigenvalue weighted by Crippen LogP contribution is 2.25. The van der Waals surface area contributed by atoms with Gasteiger partial charge in [0.15, 0.2) is 11.6 Å². The quantitative estimate of drug-likeness (QED) is 0.668. The Bertz CT molecular complexity index is 964. The summed E-state index contributed by atoms with van der Waals surface area (Å²) in [4.78, 5) is 16.7. The van der Waals surface area contributed by atoms with E-state index in [-0.39, 0.29) is 5.97 Å². The van der Waals surface area contributed by atoms with Gasteiger partial charge in [0.05, 0.1) is 17.9 Å². The number of rotatable bonds is 4. The van der Waals surface area contributed by atoms with Crippen molar-refractivity contribution in [1.82, 2.24) is 9.55 Å². The molecule has 0 bridgehead atoms. The van der Waals surface area contributed by atoms with Crippen LogP contribution in [0, 0.1) is 25.5 Å². The van der Waals surface area contributed by atoms with Crippen molar-refractivity contribution in [2.75, 3.05) is 6.61 Å². The zero-order chi connectivity index (χ0) is 18.1. The lowest BCUT2D eigenvalue weighted by Crippen LogP contribution is -2.11. The molecule has 2 heterocycles. The van der Waals surface area contributed by atoms with Crippen molar-refractivity contribution in [3.63, 3.8) is 0 Å². The monoisotopic (exact) mass is 344 g/mol. The molecule has 4 nitrogen and oxygen atoms in total. The van der Waals surface area contributed by atoms with E-state index in [1.165, 1.54) is 12.1 Å². The van der Waals surface area contributed by atoms with Gasteiger partial charge >= 0.3 is 5.97 Å². The summed E-state index contributed by atoms with van der Waals surface area (Å²) in [6, 6.07) is 5.68. The summed E-state index contributed by atoms with van der Waals surface area (Å²) >= 11 is 0. The minimum atomic E-state index is -0.876. The molecule has 0 amide bonds. The number of hydrogen-bond acceptors (Lipinski definition) is 3. The van der Waals surface area contributed by atoms with Crippen LogP contribution in [0.15, 0.2) is 30.5 Å². The molecule has 0 aliphatic rings. The first-order chi connectivity index (χ1) is 11.9.